The Morgan fingerprint density at radius 2 is 1.67 bits per heavy atom. The van der Waals surface area contributed by atoms with E-state index in [9.17, 15) is 36.3 Å². The van der Waals surface area contributed by atoms with Gasteiger partial charge in [0.1, 0.15) is 28.8 Å². The van der Waals surface area contributed by atoms with Gasteiger partial charge in [0, 0.05) is 68.5 Å². The maximum Gasteiger partial charge on any atom is 0.573 e. The van der Waals surface area contributed by atoms with Crippen LogP contribution in [0.5, 0.6) is 11.5 Å². The number of nitrogens with one attached hydrogen (secondary N) is 1. The fourth-order valence-corrected chi connectivity index (χ4v) is 4.37. The highest BCUT2D eigenvalue weighted by Crippen LogP contribution is 2.35. The van der Waals surface area contributed by atoms with E-state index in [1.54, 1.807) is 18.3 Å². The van der Waals surface area contributed by atoms with Crippen LogP contribution in [0.4, 0.5) is 27.6 Å². The molecule has 3 aromatic rings. The number of likely N-dealkylation sites (N-methyl/N-ethyl adjacent to an activating group) is 1. The van der Waals surface area contributed by atoms with Gasteiger partial charge in [0.25, 0.3) is 11.5 Å². The first-order chi connectivity index (χ1) is 20.2. The molecule has 1 aromatic heterocycles. The number of ether oxygens (including phenoxy) is 2. The van der Waals surface area contributed by atoms with Gasteiger partial charge in [0.15, 0.2) is 0 Å². The van der Waals surface area contributed by atoms with Gasteiger partial charge in [-0.05, 0) is 50.5 Å². The number of anilines is 1. The summed E-state index contributed by atoms with van der Waals surface area (Å²) in [5, 5.41) is 2.35. The fourth-order valence-electron chi connectivity index (χ4n) is 4.37. The van der Waals surface area contributed by atoms with E-state index in [2.05, 4.69) is 10.1 Å². The number of hydrogen-bond acceptors (Lipinski definition) is 6. The normalized spacial score (nSPS) is 14.8. The summed E-state index contributed by atoms with van der Waals surface area (Å²) in [6.45, 7) is 1.20. The third kappa shape index (κ3) is 8.77. The monoisotopic (exact) mass is 610 g/mol. The highest BCUT2D eigenvalue weighted by Gasteiger charge is 2.36. The van der Waals surface area contributed by atoms with Crippen molar-refractivity contribution in [2.45, 2.75) is 25.2 Å². The molecule has 1 atom stereocenters. The Kier molecular flexibility index (Phi) is 10.9. The van der Waals surface area contributed by atoms with E-state index in [1.807, 2.05) is 19.0 Å². The number of methoxy groups -OCH3 is 1. The standard InChI is InChI=1S/C20H23F2N3O3.C9H8F3NO2/c1-23(2)7-8-24-6-4-5-17(20(24)27)25-12-13(9-18(25)26)19-15(21)10-14(28-3)11-16(19)22;1-13-8(14)6-2-4-7(5-3-6)15-9(10,11)12/h4-6,10-11,13H,7-9,12H2,1-3H3;2-5H,1H3,(H,13,14). The average molecular weight is 611 g/mol. The van der Waals surface area contributed by atoms with Crippen molar-refractivity contribution in [1.82, 2.24) is 14.8 Å². The quantitative estimate of drug-likeness (QED) is 0.385. The zero-order valence-electron chi connectivity index (χ0n) is 23.9. The molecule has 1 saturated heterocycles. The van der Waals surface area contributed by atoms with Crippen molar-refractivity contribution in [1.29, 1.82) is 0 Å². The van der Waals surface area contributed by atoms with Crippen molar-refractivity contribution in [3.8, 4) is 11.5 Å². The summed E-state index contributed by atoms with van der Waals surface area (Å²) in [6.07, 6.45) is -3.11. The minimum Gasteiger partial charge on any atom is -0.497 e. The van der Waals surface area contributed by atoms with E-state index in [-0.39, 0.29) is 58.7 Å². The Bertz CT molecular complexity index is 1470. The van der Waals surface area contributed by atoms with Gasteiger partial charge in [0.05, 0.1) is 7.11 Å². The molecule has 2 aromatic carbocycles. The van der Waals surface area contributed by atoms with Crippen LogP contribution in [0.25, 0.3) is 0 Å². The molecule has 43 heavy (non-hydrogen) atoms. The molecule has 2 heterocycles. The molecule has 0 bridgehead atoms. The fraction of sp³-hybridized carbons (Fsp3) is 0.345. The largest absolute Gasteiger partial charge is 0.573 e. The summed E-state index contributed by atoms with van der Waals surface area (Å²) in [6, 6.07) is 10.1. The number of rotatable bonds is 8. The first-order valence-corrected chi connectivity index (χ1v) is 13.0. The highest BCUT2D eigenvalue weighted by molar-refractivity contribution is 5.96. The second-order valence-electron chi connectivity index (χ2n) is 9.76. The number of alkyl halides is 3. The Labute approximate surface area is 244 Å². The third-order valence-electron chi connectivity index (χ3n) is 6.48. The van der Waals surface area contributed by atoms with E-state index in [1.165, 1.54) is 35.8 Å². The van der Waals surface area contributed by atoms with E-state index >= 15 is 0 Å². The number of nitrogens with zero attached hydrogens (tertiary/aromatic N) is 3. The lowest BCUT2D eigenvalue weighted by Gasteiger charge is -2.19. The highest BCUT2D eigenvalue weighted by atomic mass is 19.4. The molecule has 9 nitrogen and oxygen atoms in total. The third-order valence-corrected chi connectivity index (χ3v) is 6.48. The van der Waals surface area contributed by atoms with Gasteiger partial charge in [-0.3, -0.25) is 14.4 Å². The summed E-state index contributed by atoms with van der Waals surface area (Å²) in [7, 11) is 6.57. The lowest BCUT2D eigenvalue weighted by atomic mass is 9.97. The van der Waals surface area contributed by atoms with Gasteiger partial charge < -0.3 is 29.2 Å². The molecular formula is C29H31F5N4O5. The SMILES string of the molecule is CNC(=O)c1ccc(OC(F)(F)F)cc1.COc1cc(F)c(C2CC(=O)N(c3cccn(CCN(C)C)c3=O)C2)c(F)c1. The zero-order chi connectivity index (χ0) is 31.9. The maximum absolute atomic E-state index is 14.4. The number of carbonyl (C=O) groups excluding carboxylic acids is 2. The Morgan fingerprint density at radius 1 is 1.05 bits per heavy atom. The van der Waals surface area contributed by atoms with Crippen molar-refractivity contribution in [3.63, 3.8) is 0 Å². The molecule has 0 aliphatic carbocycles. The number of pyridine rings is 1. The number of carbonyl (C=O) groups is 2. The molecule has 1 aliphatic heterocycles. The van der Waals surface area contributed by atoms with Crippen molar-refractivity contribution in [2.75, 3.05) is 46.2 Å². The lowest BCUT2D eigenvalue weighted by Crippen LogP contribution is -2.34. The van der Waals surface area contributed by atoms with Gasteiger partial charge >= 0.3 is 6.36 Å². The van der Waals surface area contributed by atoms with Crippen LogP contribution in [0.3, 0.4) is 0 Å². The minimum atomic E-state index is -4.71. The van der Waals surface area contributed by atoms with E-state index < -0.39 is 23.9 Å². The summed E-state index contributed by atoms with van der Waals surface area (Å²) in [5.74, 6) is -3.16. The van der Waals surface area contributed by atoms with Crippen LogP contribution < -0.4 is 25.2 Å². The molecule has 1 unspecified atom stereocenters. The van der Waals surface area contributed by atoms with Crippen molar-refractivity contribution >= 4 is 17.5 Å². The molecule has 0 spiro atoms. The second kappa shape index (κ2) is 14.1. The second-order valence-corrected chi connectivity index (χ2v) is 9.76. The smallest absolute Gasteiger partial charge is 0.497 e. The molecule has 2 amide bonds. The molecule has 232 valence electrons. The van der Waals surface area contributed by atoms with Crippen LogP contribution in [0, 0.1) is 11.6 Å². The van der Waals surface area contributed by atoms with Gasteiger partial charge in [-0.15, -0.1) is 13.2 Å². The van der Waals surface area contributed by atoms with E-state index in [0.29, 0.717) is 13.1 Å². The molecule has 1 N–H and O–H groups in total. The lowest BCUT2D eigenvalue weighted by molar-refractivity contribution is -0.274. The van der Waals surface area contributed by atoms with Crippen molar-refractivity contribution < 1.29 is 41.0 Å². The minimum absolute atomic E-state index is 0.0476. The predicted octanol–water partition coefficient (Wildman–Crippen LogP) is 4.16. The van der Waals surface area contributed by atoms with Crippen LogP contribution >= 0.6 is 0 Å². The first-order valence-electron chi connectivity index (χ1n) is 13.0. The van der Waals surface area contributed by atoms with Gasteiger partial charge in [-0.1, -0.05) is 0 Å². The molecular weight excluding hydrogens is 579 g/mol. The number of benzene rings is 2. The summed E-state index contributed by atoms with van der Waals surface area (Å²) < 4.78 is 74.1. The van der Waals surface area contributed by atoms with Gasteiger partial charge in [-0.2, -0.15) is 0 Å². The Hall–Kier alpha value is -4.46. The van der Waals surface area contributed by atoms with Crippen LogP contribution in [0.1, 0.15) is 28.3 Å². The molecule has 1 fully saturated rings. The number of aromatic nitrogens is 1. The Morgan fingerprint density at radius 3 is 2.21 bits per heavy atom. The van der Waals surface area contributed by atoms with Gasteiger partial charge in [0.2, 0.25) is 5.91 Å². The summed E-state index contributed by atoms with van der Waals surface area (Å²) >= 11 is 0. The molecule has 1 aliphatic rings. The molecule has 4 rings (SSSR count). The van der Waals surface area contributed by atoms with E-state index in [0.717, 1.165) is 24.3 Å². The molecule has 0 radical (unpaired) electrons. The van der Waals surface area contributed by atoms with Crippen LogP contribution in [-0.4, -0.2) is 69.0 Å². The maximum atomic E-state index is 14.4. The molecule has 0 saturated carbocycles. The van der Waals surface area contributed by atoms with E-state index in [4.69, 9.17) is 4.74 Å². The first kappa shape index (κ1) is 33.0. The van der Waals surface area contributed by atoms with Crippen LogP contribution in [0.15, 0.2) is 59.5 Å². The topological polar surface area (TPSA) is 93.1 Å². The number of halogens is 5. The number of amides is 2. The van der Waals surface area contributed by atoms with Crippen molar-refractivity contribution in [2.24, 2.45) is 0 Å². The predicted molar refractivity (Wildman–Crippen MR) is 148 cm³/mol. The van der Waals surface area contributed by atoms with Crippen molar-refractivity contribution in [3.05, 3.63) is 87.8 Å². The number of hydrogen-bond donors (Lipinski definition) is 1. The summed E-state index contributed by atoms with van der Waals surface area (Å²) in [5.41, 5.74) is 0.0460. The van der Waals surface area contributed by atoms with Crippen LogP contribution in [0.2, 0.25) is 0 Å². The molecule has 14 heteroatoms. The average Bonchev–Trinajstić information content (AvgIpc) is 3.31. The summed E-state index contributed by atoms with van der Waals surface area (Å²) in [4.78, 5) is 39.6. The van der Waals surface area contributed by atoms with Crippen LogP contribution in [-0.2, 0) is 11.3 Å². The zero-order valence-corrected chi connectivity index (χ0v) is 23.9. The Balaban J connectivity index is 0.000000285. The van der Waals surface area contributed by atoms with Gasteiger partial charge in [-0.25, -0.2) is 8.78 Å².